The highest BCUT2D eigenvalue weighted by molar-refractivity contribution is 7.09. The number of thiophene rings is 1. The Labute approximate surface area is 138 Å². The lowest BCUT2D eigenvalue weighted by Crippen LogP contribution is -2.35. The summed E-state index contributed by atoms with van der Waals surface area (Å²) in [6.07, 6.45) is 2.86. The molecule has 0 saturated heterocycles. The Kier molecular flexibility index (Phi) is 4.43. The summed E-state index contributed by atoms with van der Waals surface area (Å²) in [5.74, 6) is -0.0924. The van der Waals surface area contributed by atoms with Crippen molar-refractivity contribution < 1.29 is 9.72 Å². The van der Waals surface area contributed by atoms with Gasteiger partial charge in [0.05, 0.1) is 4.92 Å². The summed E-state index contributed by atoms with van der Waals surface area (Å²) in [7, 11) is 0. The molecular weight excluding hydrogens is 312 g/mol. The van der Waals surface area contributed by atoms with Crippen molar-refractivity contribution in [1.82, 2.24) is 4.90 Å². The van der Waals surface area contributed by atoms with Gasteiger partial charge in [-0.15, -0.1) is 11.3 Å². The van der Waals surface area contributed by atoms with Crippen molar-refractivity contribution in [3.05, 3.63) is 61.8 Å². The van der Waals surface area contributed by atoms with E-state index in [-0.39, 0.29) is 17.6 Å². The third kappa shape index (κ3) is 3.42. The van der Waals surface area contributed by atoms with Crippen LogP contribution < -0.4 is 0 Å². The number of nitro benzene ring substituents is 1. The van der Waals surface area contributed by atoms with Crippen LogP contribution in [0.5, 0.6) is 0 Å². The van der Waals surface area contributed by atoms with E-state index in [2.05, 4.69) is 6.07 Å². The van der Waals surface area contributed by atoms with E-state index >= 15 is 0 Å². The standard InChI is InChI=1S/C17H18N2O3S/c1-12-15(5-2-6-16(12)19(21)22)17(20)18(13-7-8-13)10-9-14-4-3-11-23-14/h2-6,11,13H,7-10H2,1H3. The van der Waals surface area contributed by atoms with Crippen LogP contribution in [0.2, 0.25) is 0 Å². The molecule has 0 atom stereocenters. The largest absolute Gasteiger partial charge is 0.335 e. The van der Waals surface area contributed by atoms with Gasteiger partial charge in [-0.1, -0.05) is 12.1 Å². The third-order valence-corrected chi connectivity index (χ3v) is 5.10. The second-order valence-corrected chi connectivity index (χ2v) is 6.80. The van der Waals surface area contributed by atoms with Gasteiger partial charge in [0.2, 0.25) is 0 Å². The molecule has 1 amide bonds. The van der Waals surface area contributed by atoms with Crippen molar-refractivity contribution in [2.45, 2.75) is 32.2 Å². The fraction of sp³-hybridized carbons (Fsp3) is 0.353. The number of nitrogens with zero attached hydrogens (tertiary/aromatic N) is 2. The topological polar surface area (TPSA) is 63.5 Å². The molecular formula is C17H18N2O3S. The van der Waals surface area contributed by atoms with Gasteiger partial charge < -0.3 is 4.90 Å². The van der Waals surface area contributed by atoms with Crippen LogP contribution in [0.15, 0.2) is 35.7 Å². The number of hydrogen-bond donors (Lipinski definition) is 0. The molecule has 1 aliphatic carbocycles. The minimum absolute atomic E-state index is 0.00449. The number of carbonyl (C=O) groups is 1. The van der Waals surface area contributed by atoms with E-state index in [9.17, 15) is 14.9 Å². The maximum absolute atomic E-state index is 12.9. The molecule has 0 radical (unpaired) electrons. The highest BCUT2D eigenvalue weighted by atomic mass is 32.1. The van der Waals surface area contributed by atoms with E-state index < -0.39 is 4.92 Å². The smallest absolute Gasteiger partial charge is 0.273 e. The van der Waals surface area contributed by atoms with E-state index in [1.807, 2.05) is 16.3 Å². The van der Waals surface area contributed by atoms with Crippen molar-refractivity contribution in [3.63, 3.8) is 0 Å². The Bertz CT molecular complexity index is 723. The monoisotopic (exact) mass is 330 g/mol. The minimum Gasteiger partial charge on any atom is -0.335 e. The van der Waals surface area contributed by atoms with Crippen LogP contribution in [0.4, 0.5) is 5.69 Å². The normalized spacial score (nSPS) is 13.8. The highest BCUT2D eigenvalue weighted by Gasteiger charge is 2.34. The number of nitro groups is 1. The molecule has 120 valence electrons. The first-order valence-corrected chi connectivity index (χ1v) is 8.53. The first-order valence-electron chi connectivity index (χ1n) is 7.65. The van der Waals surface area contributed by atoms with Crippen LogP contribution in [-0.2, 0) is 6.42 Å². The fourth-order valence-corrected chi connectivity index (χ4v) is 3.43. The molecule has 0 unspecified atom stereocenters. The predicted octanol–water partition coefficient (Wildman–Crippen LogP) is 3.81. The first kappa shape index (κ1) is 15.7. The maximum Gasteiger partial charge on any atom is 0.273 e. The van der Waals surface area contributed by atoms with Gasteiger partial charge in [-0.05, 0) is 43.7 Å². The maximum atomic E-state index is 12.9. The van der Waals surface area contributed by atoms with Gasteiger partial charge in [-0.25, -0.2) is 0 Å². The van der Waals surface area contributed by atoms with Crippen molar-refractivity contribution in [2.24, 2.45) is 0 Å². The summed E-state index contributed by atoms with van der Waals surface area (Å²) < 4.78 is 0. The van der Waals surface area contributed by atoms with Gasteiger partial charge >= 0.3 is 0 Å². The highest BCUT2D eigenvalue weighted by Crippen LogP contribution is 2.30. The molecule has 1 aromatic heterocycles. The van der Waals surface area contributed by atoms with Crippen LogP contribution in [0, 0.1) is 17.0 Å². The average molecular weight is 330 g/mol. The van der Waals surface area contributed by atoms with Crippen LogP contribution >= 0.6 is 11.3 Å². The zero-order valence-electron chi connectivity index (χ0n) is 12.9. The Morgan fingerprint density at radius 1 is 1.35 bits per heavy atom. The number of hydrogen-bond acceptors (Lipinski definition) is 4. The summed E-state index contributed by atoms with van der Waals surface area (Å²) in [5.41, 5.74) is 0.895. The number of amides is 1. The molecule has 3 rings (SSSR count). The van der Waals surface area contributed by atoms with E-state index in [1.54, 1.807) is 30.4 Å². The molecule has 2 aromatic rings. The number of benzene rings is 1. The van der Waals surface area contributed by atoms with Gasteiger partial charge in [0.1, 0.15) is 0 Å². The summed E-state index contributed by atoms with van der Waals surface area (Å²) in [4.78, 5) is 26.7. The Morgan fingerprint density at radius 2 is 2.13 bits per heavy atom. The first-order chi connectivity index (χ1) is 11.1. The SMILES string of the molecule is Cc1c(C(=O)N(CCc2cccs2)C2CC2)cccc1[N+](=O)[O-]. The lowest BCUT2D eigenvalue weighted by Gasteiger charge is -2.23. The molecule has 1 fully saturated rings. The van der Waals surface area contributed by atoms with Gasteiger partial charge in [0.15, 0.2) is 0 Å². The molecule has 1 aromatic carbocycles. The quantitative estimate of drug-likeness (QED) is 0.597. The number of carbonyl (C=O) groups excluding carboxylic acids is 1. The molecule has 0 N–H and O–H groups in total. The average Bonchev–Trinajstić information content (AvgIpc) is 3.22. The van der Waals surface area contributed by atoms with Gasteiger partial charge in [0.25, 0.3) is 11.6 Å². The van der Waals surface area contributed by atoms with Crippen molar-refractivity contribution in [3.8, 4) is 0 Å². The van der Waals surface area contributed by atoms with Crippen molar-refractivity contribution in [1.29, 1.82) is 0 Å². The van der Waals surface area contributed by atoms with E-state index in [0.29, 0.717) is 17.7 Å². The molecule has 5 nitrogen and oxygen atoms in total. The molecule has 1 saturated carbocycles. The molecule has 0 aliphatic heterocycles. The second kappa shape index (κ2) is 6.50. The minimum atomic E-state index is -0.431. The van der Waals surface area contributed by atoms with Gasteiger partial charge in [-0.3, -0.25) is 14.9 Å². The van der Waals surface area contributed by atoms with Crippen molar-refractivity contribution >= 4 is 22.9 Å². The lowest BCUT2D eigenvalue weighted by molar-refractivity contribution is -0.385. The van der Waals surface area contributed by atoms with E-state index in [4.69, 9.17) is 0 Å². The molecule has 0 bridgehead atoms. The number of rotatable bonds is 6. The van der Waals surface area contributed by atoms with E-state index in [1.165, 1.54) is 10.9 Å². The Hall–Kier alpha value is -2.21. The van der Waals surface area contributed by atoms with Crippen LogP contribution in [0.1, 0.15) is 33.6 Å². The summed E-state index contributed by atoms with van der Waals surface area (Å²) in [6.45, 7) is 2.31. The van der Waals surface area contributed by atoms with Gasteiger partial charge in [-0.2, -0.15) is 0 Å². The Morgan fingerprint density at radius 3 is 2.74 bits per heavy atom. The van der Waals surface area contributed by atoms with E-state index in [0.717, 1.165) is 19.3 Å². The van der Waals surface area contributed by atoms with Crippen LogP contribution in [0.25, 0.3) is 0 Å². The molecule has 0 spiro atoms. The molecule has 23 heavy (non-hydrogen) atoms. The summed E-state index contributed by atoms with van der Waals surface area (Å²) in [5, 5.41) is 13.1. The van der Waals surface area contributed by atoms with Crippen LogP contribution in [0.3, 0.4) is 0 Å². The molecule has 6 heteroatoms. The van der Waals surface area contributed by atoms with Crippen LogP contribution in [-0.4, -0.2) is 28.3 Å². The predicted molar refractivity (Wildman–Crippen MR) is 89.9 cm³/mol. The van der Waals surface area contributed by atoms with Crippen molar-refractivity contribution in [2.75, 3.05) is 6.54 Å². The molecule has 1 aliphatic rings. The lowest BCUT2D eigenvalue weighted by atomic mass is 10.1. The third-order valence-electron chi connectivity index (χ3n) is 4.16. The summed E-state index contributed by atoms with van der Waals surface area (Å²) >= 11 is 1.69. The zero-order chi connectivity index (χ0) is 16.4. The second-order valence-electron chi connectivity index (χ2n) is 5.77. The van der Waals surface area contributed by atoms with Gasteiger partial charge in [0, 0.05) is 34.7 Å². The molecule has 1 heterocycles. The zero-order valence-corrected chi connectivity index (χ0v) is 13.7. The summed E-state index contributed by atoms with van der Waals surface area (Å²) in [6, 6.07) is 9.07. The Balaban J connectivity index is 1.81. The fourth-order valence-electron chi connectivity index (χ4n) is 2.73.